The van der Waals surface area contributed by atoms with Gasteiger partial charge >= 0.3 is 5.97 Å². The molecular formula is C22H24N2O3S2. The molecular weight excluding hydrogens is 404 g/mol. The summed E-state index contributed by atoms with van der Waals surface area (Å²) in [6.07, 6.45) is 1.13. The average Bonchev–Trinajstić information content (AvgIpc) is 3.03. The lowest BCUT2D eigenvalue weighted by Gasteiger charge is -2.05. The fourth-order valence-corrected chi connectivity index (χ4v) is 5.01. The lowest BCUT2D eigenvalue weighted by molar-refractivity contribution is -0.141. The van der Waals surface area contributed by atoms with Gasteiger partial charge in [-0.3, -0.25) is 9.59 Å². The molecule has 3 rings (SSSR count). The van der Waals surface area contributed by atoms with E-state index in [1.54, 1.807) is 16.3 Å². The number of thiazole rings is 1. The first-order chi connectivity index (χ1) is 14.0. The summed E-state index contributed by atoms with van der Waals surface area (Å²) in [5.41, 5.74) is 3.11. The molecule has 0 fully saturated rings. The van der Waals surface area contributed by atoms with Crippen molar-refractivity contribution < 1.29 is 14.3 Å². The van der Waals surface area contributed by atoms with Gasteiger partial charge in [0.1, 0.15) is 6.54 Å². The number of hydrogen-bond acceptors (Lipinski definition) is 5. The van der Waals surface area contributed by atoms with Crippen molar-refractivity contribution in [2.24, 2.45) is 4.99 Å². The van der Waals surface area contributed by atoms with E-state index in [1.165, 1.54) is 23.3 Å². The number of carbonyl (C=O) groups is 2. The molecule has 2 aromatic carbocycles. The van der Waals surface area contributed by atoms with E-state index in [4.69, 9.17) is 4.74 Å². The Bertz CT molecular complexity index is 1080. The number of thioether (sulfide) groups is 1. The van der Waals surface area contributed by atoms with Gasteiger partial charge in [-0.1, -0.05) is 35.6 Å². The monoisotopic (exact) mass is 428 g/mol. The smallest absolute Gasteiger partial charge is 0.325 e. The second-order valence-electron chi connectivity index (χ2n) is 6.75. The van der Waals surface area contributed by atoms with Gasteiger partial charge in [0.2, 0.25) is 5.91 Å². The van der Waals surface area contributed by atoms with E-state index in [-0.39, 0.29) is 18.4 Å². The minimum atomic E-state index is -0.364. The lowest BCUT2D eigenvalue weighted by atomic mass is 10.1. The zero-order valence-electron chi connectivity index (χ0n) is 16.8. The van der Waals surface area contributed by atoms with Crippen LogP contribution in [0.2, 0.25) is 0 Å². The fraction of sp³-hybridized carbons (Fsp3) is 0.318. The minimum Gasteiger partial charge on any atom is -0.468 e. The number of aryl methyl sites for hydroxylation is 2. The first-order valence-electron chi connectivity index (χ1n) is 9.40. The van der Waals surface area contributed by atoms with Crippen LogP contribution in [-0.2, 0) is 20.9 Å². The predicted octanol–water partition coefficient (Wildman–Crippen LogP) is 4.49. The number of aromatic nitrogens is 1. The van der Waals surface area contributed by atoms with Gasteiger partial charge in [-0.25, -0.2) is 0 Å². The van der Waals surface area contributed by atoms with Crippen LogP contribution >= 0.6 is 23.1 Å². The van der Waals surface area contributed by atoms with E-state index >= 15 is 0 Å². The van der Waals surface area contributed by atoms with Gasteiger partial charge in [-0.15, -0.1) is 11.8 Å². The molecule has 0 aliphatic rings. The Morgan fingerprint density at radius 2 is 1.93 bits per heavy atom. The molecule has 0 aliphatic carbocycles. The van der Waals surface area contributed by atoms with Crippen LogP contribution < -0.4 is 4.80 Å². The Labute approximate surface area is 178 Å². The Morgan fingerprint density at radius 1 is 1.17 bits per heavy atom. The third-order valence-corrected chi connectivity index (χ3v) is 6.72. The van der Waals surface area contributed by atoms with E-state index in [0.717, 1.165) is 33.5 Å². The number of ether oxygens (including phenoxy) is 1. The quantitative estimate of drug-likeness (QED) is 0.316. The number of amides is 1. The van der Waals surface area contributed by atoms with Crippen LogP contribution in [0.1, 0.15) is 24.0 Å². The lowest BCUT2D eigenvalue weighted by Crippen LogP contribution is -2.22. The number of rotatable bonds is 7. The molecule has 1 heterocycles. The Hall–Kier alpha value is -2.38. The van der Waals surface area contributed by atoms with E-state index in [9.17, 15) is 9.59 Å². The SMILES string of the molecule is COC(=O)Cn1c(=NC(=O)CCCSc2ccccc2)sc2c(C)cc(C)cc21. The number of benzene rings is 2. The normalized spacial score (nSPS) is 11.8. The van der Waals surface area contributed by atoms with Gasteiger partial charge in [0, 0.05) is 11.3 Å². The molecule has 7 heteroatoms. The summed E-state index contributed by atoms with van der Waals surface area (Å²) >= 11 is 3.17. The Balaban J connectivity index is 1.78. The summed E-state index contributed by atoms with van der Waals surface area (Å²) in [5, 5.41) is 0. The molecule has 5 nitrogen and oxygen atoms in total. The highest BCUT2D eigenvalue weighted by Crippen LogP contribution is 2.24. The third-order valence-electron chi connectivity index (χ3n) is 4.40. The molecule has 1 amide bonds. The Morgan fingerprint density at radius 3 is 2.66 bits per heavy atom. The summed E-state index contributed by atoms with van der Waals surface area (Å²) in [6.45, 7) is 4.08. The number of methoxy groups -OCH3 is 1. The van der Waals surface area contributed by atoms with Crippen LogP contribution in [0.15, 0.2) is 52.4 Å². The standard InChI is InChI=1S/C22H24N2O3S2/c1-15-12-16(2)21-18(13-15)24(14-20(26)27-3)22(29-21)23-19(25)10-7-11-28-17-8-5-4-6-9-17/h4-6,8-9,12-13H,7,10-11,14H2,1-3H3. The molecule has 0 radical (unpaired) electrons. The van der Waals surface area contributed by atoms with E-state index in [0.29, 0.717) is 11.2 Å². The maximum atomic E-state index is 12.5. The van der Waals surface area contributed by atoms with Crippen LogP contribution in [-0.4, -0.2) is 29.3 Å². The molecule has 0 N–H and O–H groups in total. The Kier molecular flexibility index (Phi) is 7.28. The highest BCUT2D eigenvalue weighted by atomic mass is 32.2. The van der Waals surface area contributed by atoms with Crippen molar-refractivity contribution in [1.29, 1.82) is 0 Å². The van der Waals surface area contributed by atoms with Gasteiger partial charge in [-0.05, 0) is 55.3 Å². The number of fused-ring (bicyclic) bond motifs is 1. The molecule has 0 atom stereocenters. The van der Waals surface area contributed by atoms with E-state index < -0.39 is 0 Å². The number of nitrogens with zero attached hydrogens (tertiary/aromatic N) is 2. The van der Waals surface area contributed by atoms with Crippen LogP contribution in [0.5, 0.6) is 0 Å². The van der Waals surface area contributed by atoms with Crippen LogP contribution in [0.25, 0.3) is 10.2 Å². The summed E-state index contributed by atoms with van der Waals surface area (Å²) in [7, 11) is 1.36. The largest absolute Gasteiger partial charge is 0.468 e. The molecule has 0 saturated heterocycles. The second kappa shape index (κ2) is 9.89. The van der Waals surface area contributed by atoms with Crippen molar-refractivity contribution in [1.82, 2.24) is 4.57 Å². The van der Waals surface area contributed by atoms with Crippen LogP contribution in [0, 0.1) is 13.8 Å². The first kappa shape index (κ1) is 21.3. The van der Waals surface area contributed by atoms with Gasteiger partial charge in [0.05, 0.1) is 17.3 Å². The highest BCUT2D eigenvalue weighted by molar-refractivity contribution is 7.99. The van der Waals surface area contributed by atoms with Crippen molar-refractivity contribution in [3.8, 4) is 0 Å². The molecule has 3 aromatic rings. The first-order valence-corrected chi connectivity index (χ1v) is 11.2. The maximum absolute atomic E-state index is 12.5. The predicted molar refractivity (Wildman–Crippen MR) is 118 cm³/mol. The van der Waals surface area contributed by atoms with Crippen molar-refractivity contribution in [2.45, 2.75) is 38.1 Å². The second-order valence-corrected chi connectivity index (χ2v) is 8.89. The molecule has 0 saturated carbocycles. The molecule has 29 heavy (non-hydrogen) atoms. The topological polar surface area (TPSA) is 60.7 Å². The zero-order chi connectivity index (χ0) is 20.8. The summed E-state index contributed by atoms with van der Waals surface area (Å²) in [4.78, 5) is 30.4. The van der Waals surface area contributed by atoms with Crippen molar-refractivity contribution in [3.63, 3.8) is 0 Å². The average molecular weight is 429 g/mol. The van der Waals surface area contributed by atoms with E-state index in [1.807, 2.05) is 38.1 Å². The molecule has 0 aliphatic heterocycles. The maximum Gasteiger partial charge on any atom is 0.325 e. The van der Waals surface area contributed by atoms with Crippen LogP contribution in [0.4, 0.5) is 0 Å². The number of hydrogen-bond donors (Lipinski definition) is 0. The molecule has 0 spiro atoms. The fourth-order valence-electron chi connectivity index (χ4n) is 3.04. The van der Waals surface area contributed by atoms with Gasteiger partial charge < -0.3 is 9.30 Å². The van der Waals surface area contributed by atoms with E-state index in [2.05, 4.69) is 23.2 Å². The summed E-state index contributed by atoms with van der Waals surface area (Å²) < 4.78 is 7.64. The van der Waals surface area contributed by atoms with Crippen molar-refractivity contribution in [3.05, 3.63) is 58.4 Å². The third kappa shape index (κ3) is 5.58. The number of esters is 1. The molecule has 0 unspecified atom stereocenters. The van der Waals surface area contributed by atoms with Crippen molar-refractivity contribution >= 4 is 45.2 Å². The van der Waals surface area contributed by atoms with Gasteiger partial charge in [0.15, 0.2) is 4.80 Å². The molecule has 1 aromatic heterocycles. The van der Waals surface area contributed by atoms with Crippen LogP contribution in [0.3, 0.4) is 0 Å². The number of carbonyl (C=O) groups excluding carboxylic acids is 2. The molecule has 152 valence electrons. The summed E-state index contributed by atoms with van der Waals surface area (Å²) in [6, 6.07) is 14.2. The minimum absolute atomic E-state index is 0.0371. The highest BCUT2D eigenvalue weighted by Gasteiger charge is 2.13. The van der Waals surface area contributed by atoms with Gasteiger partial charge in [0.25, 0.3) is 0 Å². The zero-order valence-corrected chi connectivity index (χ0v) is 18.4. The summed E-state index contributed by atoms with van der Waals surface area (Å²) in [5.74, 6) is 0.327. The van der Waals surface area contributed by atoms with Crippen molar-refractivity contribution in [2.75, 3.05) is 12.9 Å². The molecule has 0 bridgehead atoms. The van der Waals surface area contributed by atoms with Gasteiger partial charge in [-0.2, -0.15) is 4.99 Å².